The van der Waals surface area contributed by atoms with Crippen LogP contribution >= 0.6 is 0 Å². The highest BCUT2D eigenvalue weighted by Crippen LogP contribution is 2.41. The summed E-state index contributed by atoms with van der Waals surface area (Å²) in [6.07, 6.45) is 4.01. The third kappa shape index (κ3) is 3.76. The van der Waals surface area contributed by atoms with Crippen molar-refractivity contribution in [2.75, 3.05) is 0 Å². The fourth-order valence-corrected chi connectivity index (χ4v) is 3.03. The Hall–Kier alpha value is -2.95. The van der Waals surface area contributed by atoms with Crippen LogP contribution in [0.15, 0.2) is 66.9 Å². The molecule has 0 aliphatic heterocycles. The monoisotopic (exact) mass is 332 g/mol. The van der Waals surface area contributed by atoms with E-state index in [-0.39, 0.29) is 11.9 Å². The SMILES string of the molecule is O=C(N[C@H](c1ccccc1)C1CC1)c1cn(Cc2ccccc2)nn1. The normalized spacial score (nSPS) is 14.9. The van der Waals surface area contributed by atoms with Gasteiger partial charge in [0, 0.05) is 0 Å². The van der Waals surface area contributed by atoms with Crippen LogP contribution in [0.2, 0.25) is 0 Å². The first kappa shape index (κ1) is 15.6. The first-order chi connectivity index (χ1) is 12.3. The number of carbonyl (C=O) groups is 1. The van der Waals surface area contributed by atoms with Gasteiger partial charge in [0.2, 0.25) is 0 Å². The standard InChI is InChI=1S/C20H20N4O/c25-20(21-19(17-11-12-17)16-9-5-2-6-10-16)18-14-24(23-22-18)13-15-7-3-1-4-8-15/h1-10,14,17,19H,11-13H2,(H,21,25)/t19-/m1/s1. The van der Waals surface area contributed by atoms with E-state index in [4.69, 9.17) is 0 Å². The average molecular weight is 332 g/mol. The summed E-state index contributed by atoms with van der Waals surface area (Å²) < 4.78 is 1.69. The summed E-state index contributed by atoms with van der Waals surface area (Å²) in [7, 11) is 0. The molecule has 5 nitrogen and oxygen atoms in total. The maximum Gasteiger partial charge on any atom is 0.273 e. The molecule has 4 rings (SSSR count). The second kappa shape index (κ2) is 6.89. The lowest BCUT2D eigenvalue weighted by molar-refractivity contribution is 0.0926. The van der Waals surface area contributed by atoms with Gasteiger partial charge in [-0.25, -0.2) is 4.68 Å². The van der Waals surface area contributed by atoms with Crippen LogP contribution in [-0.2, 0) is 6.54 Å². The van der Waals surface area contributed by atoms with Gasteiger partial charge in [0.15, 0.2) is 5.69 Å². The van der Waals surface area contributed by atoms with Crippen molar-refractivity contribution in [3.05, 3.63) is 83.7 Å². The Morgan fingerprint density at radius 1 is 1.08 bits per heavy atom. The molecule has 3 aromatic rings. The molecular formula is C20H20N4O. The van der Waals surface area contributed by atoms with Crippen molar-refractivity contribution in [2.45, 2.75) is 25.4 Å². The van der Waals surface area contributed by atoms with Crippen LogP contribution in [0, 0.1) is 5.92 Å². The summed E-state index contributed by atoms with van der Waals surface area (Å²) in [6, 6.07) is 20.2. The van der Waals surface area contributed by atoms with E-state index in [0.29, 0.717) is 18.2 Å². The number of aromatic nitrogens is 3. The van der Waals surface area contributed by atoms with Crippen molar-refractivity contribution in [2.24, 2.45) is 5.92 Å². The molecule has 0 spiro atoms. The fraction of sp³-hybridized carbons (Fsp3) is 0.250. The van der Waals surface area contributed by atoms with E-state index in [0.717, 1.165) is 24.0 Å². The summed E-state index contributed by atoms with van der Waals surface area (Å²) >= 11 is 0. The minimum absolute atomic E-state index is 0.0490. The quantitative estimate of drug-likeness (QED) is 0.754. The van der Waals surface area contributed by atoms with Crippen LogP contribution < -0.4 is 5.32 Å². The molecule has 1 saturated carbocycles. The molecule has 1 N–H and O–H groups in total. The largest absolute Gasteiger partial charge is 0.344 e. The van der Waals surface area contributed by atoms with Gasteiger partial charge < -0.3 is 5.32 Å². The molecule has 1 atom stereocenters. The Bertz CT molecular complexity index is 840. The zero-order valence-corrected chi connectivity index (χ0v) is 13.9. The minimum atomic E-state index is -0.167. The second-order valence-corrected chi connectivity index (χ2v) is 6.49. The van der Waals surface area contributed by atoms with Crippen molar-refractivity contribution < 1.29 is 4.79 Å². The Morgan fingerprint density at radius 2 is 1.76 bits per heavy atom. The van der Waals surface area contributed by atoms with E-state index >= 15 is 0 Å². The summed E-state index contributed by atoms with van der Waals surface area (Å²) in [5.74, 6) is 0.353. The minimum Gasteiger partial charge on any atom is -0.344 e. The number of amides is 1. The molecule has 0 bridgehead atoms. The molecule has 1 aliphatic carbocycles. The highest BCUT2D eigenvalue weighted by atomic mass is 16.2. The maximum absolute atomic E-state index is 12.6. The maximum atomic E-state index is 12.6. The third-order valence-electron chi connectivity index (χ3n) is 4.50. The smallest absolute Gasteiger partial charge is 0.273 e. The lowest BCUT2D eigenvalue weighted by Gasteiger charge is -2.17. The summed E-state index contributed by atoms with van der Waals surface area (Å²) in [5, 5.41) is 11.3. The molecule has 0 unspecified atom stereocenters. The summed E-state index contributed by atoms with van der Waals surface area (Å²) in [4.78, 5) is 12.6. The van der Waals surface area contributed by atoms with Crippen LogP contribution in [0.3, 0.4) is 0 Å². The second-order valence-electron chi connectivity index (χ2n) is 6.49. The molecule has 0 radical (unpaired) electrons. The van der Waals surface area contributed by atoms with E-state index in [2.05, 4.69) is 27.8 Å². The number of carbonyl (C=O) groups excluding carboxylic acids is 1. The average Bonchev–Trinajstić information content (AvgIpc) is 3.39. The van der Waals surface area contributed by atoms with E-state index in [1.54, 1.807) is 10.9 Å². The number of nitrogens with one attached hydrogen (secondary N) is 1. The van der Waals surface area contributed by atoms with Crippen LogP contribution in [0.25, 0.3) is 0 Å². The first-order valence-electron chi connectivity index (χ1n) is 8.59. The van der Waals surface area contributed by atoms with Gasteiger partial charge in [0.1, 0.15) is 0 Å². The number of hydrogen-bond donors (Lipinski definition) is 1. The van der Waals surface area contributed by atoms with E-state index < -0.39 is 0 Å². The van der Waals surface area contributed by atoms with Crippen molar-refractivity contribution in [1.82, 2.24) is 20.3 Å². The van der Waals surface area contributed by atoms with E-state index in [1.807, 2.05) is 48.5 Å². The predicted octanol–water partition coefficient (Wildman–Crippen LogP) is 3.21. The Labute approximate surface area is 146 Å². The molecular weight excluding hydrogens is 312 g/mol. The Kier molecular flexibility index (Phi) is 4.29. The van der Waals surface area contributed by atoms with Crippen molar-refractivity contribution in [1.29, 1.82) is 0 Å². The molecule has 1 aliphatic rings. The highest BCUT2D eigenvalue weighted by Gasteiger charge is 2.33. The van der Waals surface area contributed by atoms with Crippen molar-refractivity contribution in [3.63, 3.8) is 0 Å². The van der Waals surface area contributed by atoms with Gasteiger partial charge >= 0.3 is 0 Å². The molecule has 1 aromatic heterocycles. The predicted molar refractivity (Wildman–Crippen MR) is 94.9 cm³/mol. The number of hydrogen-bond acceptors (Lipinski definition) is 3. The zero-order valence-electron chi connectivity index (χ0n) is 13.9. The number of rotatable bonds is 6. The number of benzene rings is 2. The van der Waals surface area contributed by atoms with Gasteiger partial charge in [-0.3, -0.25) is 4.79 Å². The van der Waals surface area contributed by atoms with Crippen molar-refractivity contribution >= 4 is 5.91 Å². The summed E-state index contributed by atoms with van der Waals surface area (Å²) in [5.41, 5.74) is 2.63. The van der Waals surface area contributed by atoms with E-state index in [9.17, 15) is 4.79 Å². The summed E-state index contributed by atoms with van der Waals surface area (Å²) in [6.45, 7) is 0.603. The van der Waals surface area contributed by atoms with Crippen LogP contribution in [0.4, 0.5) is 0 Å². The van der Waals surface area contributed by atoms with Gasteiger partial charge in [-0.05, 0) is 29.9 Å². The fourth-order valence-electron chi connectivity index (χ4n) is 3.03. The topological polar surface area (TPSA) is 59.8 Å². The molecule has 1 heterocycles. The van der Waals surface area contributed by atoms with E-state index in [1.165, 1.54) is 0 Å². The molecule has 126 valence electrons. The van der Waals surface area contributed by atoms with Gasteiger partial charge in [0.05, 0.1) is 18.8 Å². The third-order valence-corrected chi connectivity index (χ3v) is 4.50. The van der Waals surface area contributed by atoms with Gasteiger partial charge in [-0.1, -0.05) is 65.9 Å². The lowest BCUT2D eigenvalue weighted by Crippen LogP contribution is -2.30. The molecule has 1 amide bonds. The van der Waals surface area contributed by atoms with Crippen LogP contribution in [0.1, 0.15) is 40.5 Å². The molecule has 1 fully saturated rings. The Morgan fingerprint density at radius 3 is 2.44 bits per heavy atom. The lowest BCUT2D eigenvalue weighted by atomic mass is 10.0. The van der Waals surface area contributed by atoms with Crippen LogP contribution in [-0.4, -0.2) is 20.9 Å². The van der Waals surface area contributed by atoms with Crippen LogP contribution in [0.5, 0.6) is 0 Å². The molecule has 5 heteroatoms. The molecule has 2 aromatic carbocycles. The van der Waals surface area contributed by atoms with Gasteiger partial charge in [-0.15, -0.1) is 5.10 Å². The Balaban J connectivity index is 1.46. The number of nitrogens with zero attached hydrogens (tertiary/aromatic N) is 3. The van der Waals surface area contributed by atoms with Gasteiger partial charge in [0.25, 0.3) is 5.91 Å². The molecule has 25 heavy (non-hydrogen) atoms. The first-order valence-corrected chi connectivity index (χ1v) is 8.59. The highest BCUT2D eigenvalue weighted by molar-refractivity contribution is 5.92. The molecule has 0 saturated heterocycles. The zero-order chi connectivity index (χ0) is 17.1. The van der Waals surface area contributed by atoms with Gasteiger partial charge in [-0.2, -0.15) is 0 Å². The van der Waals surface area contributed by atoms with Crippen molar-refractivity contribution in [3.8, 4) is 0 Å².